The molecule has 0 spiro atoms. The highest BCUT2D eigenvalue weighted by molar-refractivity contribution is 9.10. The van der Waals surface area contributed by atoms with Crippen molar-refractivity contribution < 1.29 is 4.79 Å². The van der Waals surface area contributed by atoms with Crippen molar-refractivity contribution in [3.63, 3.8) is 0 Å². The van der Waals surface area contributed by atoms with Crippen molar-refractivity contribution >= 4 is 27.5 Å². The summed E-state index contributed by atoms with van der Waals surface area (Å²) in [6.07, 6.45) is 2.51. The number of hydrogen-bond acceptors (Lipinski definition) is 3. The van der Waals surface area contributed by atoms with Gasteiger partial charge in [-0.15, -0.1) is 0 Å². The Balaban J connectivity index is 1.66. The van der Waals surface area contributed by atoms with Crippen LogP contribution in [-0.4, -0.2) is 21.4 Å². The molecule has 132 valence electrons. The molecule has 0 saturated heterocycles. The number of benzene rings is 2. The lowest BCUT2D eigenvalue weighted by atomic mass is 10.1. The van der Waals surface area contributed by atoms with Gasteiger partial charge in [0.1, 0.15) is 0 Å². The quantitative estimate of drug-likeness (QED) is 0.487. The number of halogens is 1. The Kier molecular flexibility index (Phi) is 5.96. The van der Waals surface area contributed by atoms with Gasteiger partial charge in [-0.2, -0.15) is 10.2 Å². The Bertz CT molecular complexity index is 901. The molecule has 2 aromatic carbocycles. The number of amides is 1. The van der Waals surface area contributed by atoms with E-state index in [0.717, 1.165) is 27.7 Å². The predicted molar refractivity (Wildman–Crippen MR) is 106 cm³/mol. The van der Waals surface area contributed by atoms with E-state index in [2.05, 4.69) is 31.6 Å². The summed E-state index contributed by atoms with van der Waals surface area (Å²) in [5.41, 5.74) is 5.88. The molecule has 0 bridgehead atoms. The van der Waals surface area contributed by atoms with E-state index in [1.54, 1.807) is 16.9 Å². The fourth-order valence-electron chi connectivity index (χ4n) is 2.50. The molecule has 3 aromatic rings. The van der Waals surface area contributed by atoms with Crippen LogP contribution in [0.4, 0.5) is 0 Å². The highest BCUT2D eigenvalue weighted by atomic mass is 79.9. The van der Waals surface area contributed by atoms with Gasteiger partial charge in [0.05, 0.1) is 12.3 Å². The van der Waals surface area contributed by atoms with Crippen LogP contribution < -0.4 is 5.43 Å². The fourth-order valence-corrected chi connectivity index (χ4v) is 2.77. The first-order chi connectivity index (χ1) is 12.7. The Morgan fingerprint density at radius 2 is 1.85 bits per heavy atom. The summed E-state index contributed by atoms with van der Waals surface area (Å²) in [6, 6.07) is 19.5. The van der Waals surface area contributed by atoms with Gasteiger partial charge < -0.3 is 0 Å². The molecule has 5 nitrogen and oxygen atoms in total. The van der Waals surface area contributed by atoms with Crippen LogP contribution >= 0.6 is 15.9 Å². The molecule has 1 amide bonds. The van der Waals surface area contributed by atoms with Crippen LogP contribution in [0, 0.1) is 0 Å². The zero-order valence-electron chi connectivity index (χ0n) is 14.4. The summed E-state index contributed by atoms with van der Waals surface area (Å²) in [6.45, 7) is 2.61. The van der Waals surface area contributed by atoms with Crippen LogP contribution in [0.5, 0.6) is 0 Å². The van der Waals surface area contributed by atoms with E-state index >= 15 is 0 Å². The number of hydrogen-bond donors (Lipinski definition) is 1. The zero-order chi connectivity index (χ0) is 18.4. The van der Waals surface area contributed by atoms with Crippen LogP contribution in [0.15, 0.2) is 76.4 Å². The van der Waals surface area contributed by atoms with Crippen LogP contribution in [0.1, 0.15) is 35.0 Å². The molecule has 1 heterocycles. The highest BCUT2D eigenvalue weighted by Crippen LogP contribution is 2.11. The van der Waals surface area contributed by atoms with Gasteiger partial charge in [-0.3, -0.25) is 9.48 Å². The smallest absolute Gasteiger partial charge is 0.268 e. The van der Waals surface area contributed by atoms with Crippen molar-refractivity contribution in [1.29, 1.82) is 0 Å². The van der Waals surface area contributed by atoms with E-state index in [1.165, 1.54) is 0 Å². The molecule has 0 fully saturated rings. The molecule has 0 aliphatic heterocycles. The standard InChI is InChI=1S/C20H19BrN4O/c1-2-18(16-6-4-3-5-7-16)22-23-20(26)19-12-13-25(24-19)14-15-8-10-17(21)11-9-15/h3-13H,2,14H2,1H3,(H,23,26)/b22-18-. The van der Waals surface area contributed by atoms with Crippen LogP contribution in [0.3, 0.4) is 0 Å². The third-order valence-electron chi connectivity index (χ3n) is 3.87. The number of hydrazone groups is 1. The lowest BCUT2D eigenvalue weighted by Crippen LogP contribution is -2.21. The third-order valence-corrected chi connectivity index (χ3v) is 4.39. The molecule has 6 heteroatoms. The minimum atomic E-state index is -0.318. The van der Waals surface area contributed by atoms with Crippen molar-refractivity contribution in [2.45, 2.75) is 19.9 Å². The topological polar surface area (TPSA) is 59.3 Å². The van der Waals surface area contributed by atoms with Crippen LogP contribution in [-0.2, 0) is 6.54 Å². The lowest BCUT2D eigenvalue weighted by molar-refractivity contribution is 0.0949. The molecular formula is C20H19BrN4O. The molecule has 1 N–H and O–H groups in total. The van der Waals surface area contributed by atoms with Gasteiger partial charge in [0.25, 0.3) is 5.91 Å². The van der Waals surface area contributed by atoms with Crippen molar-refractivity contribution in [2.75, 3.05) is 0 Å². The van der Waals surface area contributed by atoms with Crippen molar-refractivity contribution in [3.05, 3.63) is 88.2 Å². The average Bonchev–Trinajstić information content (AvgIpc) is 3.13. The summed E-state index contributed by atoms with van der Waals surface area (Å²) in [7, 11) is 0. The first-order valence-corrected chi connectivity index (χ1v) is 9.15. The number of nitrogens with zero attached hydrogens (tertiary/aromatic N) is 3. The van der Waals surface area contributed by atoms with Gasteiger partial charge in [0.15, 0.2) is 5.69 Å². The van der Waals surface area contributed by atoms with Gasteiger partial charge in [-0.1, -0.05) is 65.3 Å². The summed E-state index contributed by atoms with van der Waals surface area (Å²) < 4.78 is 2.77. The maximum absolute atomic E-state index is 12.3. The lowest BCUT2D eigenvalue weighted by Gasteiger charge is -2.04. The molecule has 3 rings (SSSR count). The normalized spacial score (nSPS) is 11.4. The number of nitrogens with one attached hydrogen (secondary N) is 1. The zero-order valence-corrected chi connectivity index (χ0v) is 16.0. The average molecular weight is 411 g/mol. The largest absolute Gasteiger partial charge is 0.291 e. The summed E-state index contributed by atoms with van der Waals surface area (Å²) in [5, 5.41) is 8.58. The second-order valence-electron chi connectivity index (χ2n) is 5.74. The summed E-state index contributed by atoms with van der Waals surface area (Å²) in [4.78, 5) is 12.3. The highest BCUT2D eigenvalue weighted by Gasteiger charge is 2.10. The Labute approximate surface area is 160 Å². The first kappa shape index (κ1) is 18.1. The first-order valence-electron chi connectivity index (χ1n) is 8.36. The summed E-state index contributed by atoms with van der Waals surface area (Å²) >= 11 is 3.42. The molecule has 0 saturated carbocycles. The van der Waals surface area contributed by atoms with E-state index in [9.17, 15) is 4.79 Å². The van der Waals surface area contributed by atoms with E-state index in [4.69, 9.17) is 0 Å². The second kappa shape index (κ2) is 8.58. The Hall–Kier alpha value is -2.73. The molecule has 0 aliphatic carbocycles. The molecule has 26 heavy (non-hydrogen) atoms. The minimum absolute atomic E-state index is 0.318. The predicted octanol–water partition coefficient (Wildman–Crippen LogP) is 4.24. The van der Waals surface area contributed by atoms with Gasteiger partial charge in [0.2, 0.25) is 0 Å². The van der Waals surface area contributed by atoms with Crippen molar-refractivity contribution in [1.82, 2.24) is 15.2 Å². The maximum Gasteiger partial charge on any atom is 0.291 e. The van der Waals surface area contributed by atoms with Crippen molar-refractivity contribution in [3.8, 4) is 0 Å². The number of rotatable bonds is 6. The third kappa shape index (κ3) is 4.67. The number of aromatic nitrogens is 2. The van der Waals surface area contributed by atoms with Crippen LogP contribution in [0.2, 0.25) is 0 Å². The van der Waals surface area contributed by atoms with Gasteiger partial charge in [-0.25, -0.2) is 5.43 Å². The van der Waals surface area contributed by atoms with E-state index in [1.807, 2.05) is 61.5 Å². The van der Waals surface area contributed by atoms with Crippen LogP contribution in [0.25, 0.3) is 0 Å². The van der Waals surface area contributed by atoms with Gasteiger partial charge >= 0.3 is 0 Å². The maximum atomic E-state index is 12.3. The molecule has 0 atom stereocenters. The van der Waals surface area contributed by atoms with E-state index in [0.29, 0.717) is 12.2 Å². The minimum Gasteiger partial charge on any atom is -0.268 e. The SMILES string of the molecule is CC/C(=N/NC(=O)c1ccn(Cc2ccc(Br)cc2)n1)c1ccccc1. The molecule has 0 aliphatic rings. The Morgan fingerprint density at radius 3 is 2.54 bits per heavy atom. The fraction of sp³-hybridized carbons (Fsp3) is 0.150. The number of carbonyl (C=O) groups excluding carboxylic acids is 1. The van der Waals surface area contributed by atoms with E-state index in [-0.39, 0.29) is 5.91 Å². The van der Waals surface area contributed by atoms with Crippen molar-refractivity contribution in [2.24, 2.45) is 5.10 Å². The monoisotopic (exact) mass is 410 g/mol. The van der Waals surface area contributed by atoms with E-state index < -0.39 is 0 Å². The molecular weight excluding hydrogens is 392 g/mol. The second-order valence-corrected chi connectivity index (χ2v) is 6.66. The van der Waals surface area contributed by atoms with Gasteiger partial charge in [0, 0.05) is 10.7 Å². The molecule has 1 aromatic heterocycles. The number of carbonyl (C=O) groups is 1. The summed E-state index contributed by atoms with van der Waals surface area (Å²) in [5.74, 6) is -0.318. The van der Waals surface area contributed by atoms with Gasteiger partial charge in [-0.05, 0) is 35.7 Å². The molecule has 0 radical (unpaired) electrons. The molecule has 0 unspecified atom stereocenters. The Morgan fingerprint density at radius 1 is 1.12 bits per heavy atom.